The number of morpholine rings is 1. The summed E-state index contributed by atoms with van der Waals surface area (Å²) in [5.41, 5.74) is 2.46. The van der Waals surface area contributed by atoms with E-state index in [0.29, 0.717) is 19.6 Å². The van der Waals surface area contributed by atoms with E-state index in [9.17, 15) is 13.2 Å². The zero-order valence-electron chi connectivity index (χ0n) is 19.3. The number of benzene rings is 2. The van der Waals surface area contributed by atoms with E-state index >= 15 is 0 Å². The van der Waals surface area contributed by atoms with E-state index in [1.54, 1.807) is 6.07 Å². The predicted molar refractivity (Wildman–Crippen MR) is 132 cm³/mol. The van der Waals surface area contributed by atoms with E-state index in [-0.39, 0.29) is 21.4 Å². The molecule has 0 spiro atoms. The monoisotopic (exact) mass is 505 g/mol. The lowest BCUT2D eigenvalue weighted by atomic mass is 10.1. The first-order valence-electron chi connectivity index (χ1n) is 11.9. The summed E-state index contributed by atoms with van der Waals surface area (Å²) in [6.07, 6.45) is 3.72. The molecule has 2 aliphatic rings. The van der Waals surface area contributed by atoms with Crippen molar-refractivity contribution in [1.82, 2.24) is 14.5 Å². The second kappa shape index (κ2) is 11.6. The Hall–Kier alpha value is -1.97. The summed E-state index contributed by atoms with van der Waals surface area (Å²) >= 11 is 6.27. The van der Waals surface area contributed by atoms with Gasteiger partial charge in [-0.15, -0.1) is 0 Å². The van der Waals surface area contributed by atoms with Gasteiger partial charge in [-0.25, -0.2) is 8.42 Å². The fourth-order valence-electron chi connectivity index (χ4n) is 4.40. The summed E-state index contributed by atoms with van der Waals surface area (Å²) in [6.45, 7) is 5.51. The van der Waals surface area contributed by atoms with Crippen LogP contribution in [0.1, 0.15) is 47.2 Å². The fraction of sp³-hybridized carbons (Fsp3) is 0.480. The Kier molecular flexibility index (Phi) is 8.60. The Morgan fingerprint density at radius 1 is 0.941 bits per heavy atom. The Bertz CT molecular complexity index is 1100. The SMILES string of the molecule is O=C(NCc1cccc(CN2CCOCC2)c1)c1ccc(Cl)c(S(=O)(=O)N2CCCCCC2)c1. The third-order valence-corrected chi connectivity index (χ3v) is 8.71. The molecule has 2 aromatic carbocycles. The Labute approximate surface area is 207 Å². The zero-order valence-corrected chi connectivity index (χ0v) is 20.9. The predicted octanol–water partition coefficient (Wildman–Crippen LogP) is 3.67. The minimum Gasteiger partial charge on any atom is -0.379 e. The van der Waals surface area contributed by atoms with E-state index in [1.165, 1.54) is 22.0 Å². The van der Waals surface area contributed by atoms with Gasteiger partial charge in [0.15, 0.2) is 0 Å². The minimum atomic E-state index is -3.75. The summed E-state index contributed by atoms with van der Waals surface area (Å²) in [5.74, 6) is -0.331. The summed E-state index contributed by atoms with van der Waals surface area (Å²) in [4.78, 5) is 15.2. The van der Waals surface area contributed by atoms with Crippen LogP contribution >= 0.6 is 11.6 Å². The smallest absolute Gasteiger partial charge is 0.251 e. The molecule has 9 heteroatoms. The molecular formula is C25H32ClN3O4S. The van der Waals surface area contributed by atoms with E-state index in [0.717, 1.165) is 64.1 Å². The van der Waals surface area contributed by atoms with Crippen molar-refractivity contribution in [2.45, 2.75) is 43.7 Å². The number of nitrogens with one attached hydrogen (secondary N) is 1. The van der Waals surface area contributed by atoms with Gasteiger partial charge in [0.25, 0.3) is 5.91 Å². The molecule has 0 atom stereocenters. The van der Waals surface area contributed by atoms with E-state index in [1.807, 2.05) is 12.1 Å². The second-order valence-electron chi connectivity index (χ2n) is 8.85. The summed E-state index contributed by atoms with van der Waals surface area (Å²) in [7, 11) is -3.75. The maximum absolute atomic E-state index is 13.2. The number of halogens is 1. The number of nitrogens with zero attached hydrogens (tertiary/aromatic N) is 2. The molecule has 2 aliphatic heterocycles. The molecule has 7 nitrogen and oxygen atoms in total. The fourth-order valence-corrected chi connectivity index (χ4v) is 6.42. The molecule has 0 aliphatic carbocycles. The highest BCUT2D eigenvalue weighted by molar-refractivity contribution is 7.89. The maximum atomic E-state index is 13.2. The van der Waals surface area contributed by atoms with E-state index in [4.69, 9.17) is 16.3 Å². The number of rotatable bonds is 7. The maximum Gasteiger partial charge on any atom is 0.251 e. The minimum absolute atomic E-state index is 0.00350. The highest BCUT2D eigenvalue weighted by atomic mass is 35.5. The first-order chi connectivity index (χ1) is 16.4. The largest absolute Gasteiger partial charge is 0.379 e. The van der Waals surface area contributed by atoms with Gasteiger partial charge < -0.3 is 10.1 Å². The standard InChI is InChI=1S/C25H32ClN3O4S/c26-23-9-8-22(17-24(23)34(31,32)29-10-3-1-2-4-11-29)25(30)27-18-20-6-5-7-21(16-20)19-28-12-14-33-15-13-28/h5-9,16-17H,1-4,10-15,18-19H2,(H,27,30). The molecule has 0 aromatic heterocycles. The highest BCUT2D eigenvalue weighted by Crippen LogP contribution is 2.27. The van der Waals surface area contributed by atoms with Crippen molar-refractivity contribution in [3.05, 3.63) is 64.2 Å². The average molecular weight is 506 g/mol. The van der Waals surface area contributed by atoms with Crippen molar-refractivity contribution >= 4 is 27.5 Å². The number of sulfonamides is 1. The molecule has 2 aromatic rings. The third-order valence-electron chi connectivity index (χ3n) is 6.33. The molecule has 0 bridgehead atoms. The van der Waals surface area contributed by atoms with Crippen LogP contribution < -0.4 is 5.32 Å². The number of carbonyl (C=O) groups is 1. The Morgan fingerprint density at radius 2 is 1.65 bits per heavy atom. The lowest BCUT2D eigenvalue weighted by molar-refractivity contribution is 0.0342. The molecule has 4 rings (SSSR count). The zero-order chi connectivity index (χ0) is 24.0. The van der Waals surface area contributed by atoms with Gasteiger partial charge in [-0.3, -0.25) is 9.69 Å². The molecule has 184 valence electrons. The van der Waals surface area contributed by atoms with Crippen molar-refractivity contribution in [2.75, 3.05) is 39.4 Å². The summed E-state index contributed by atoms with van der Waals surface area (Å²) in [6, 6.07) is 12.6. The first kappa shape index (κ1) is 25.1. The van der Waals surface area contributed by atoms with Crippen LogP contribution in [0.3, 0.4) is 0 Å². The van der Waals surface area contributed by atoms with Crippen molar-refractivity contribution in [1.29, 1.82) is 0 Å². The van der Waals surface area contributed by atoms with Crippen LogP contribution in [0, 0.1) is 0 Å². The van der Waals surface area contributed by atoms with Crippen LogP contribution in [0.5, 0.6) is 0 Å². The number of hydrogen-bond acceptors (Lipinski definition) is 5. The highest BCUT2D eigenvalue weighted by Gasteiger charge is 2.28. The van der Waals surface area contributed by atoms with Gasteiger partial charge in [0, 0.05) is 44.8 Å². The molecular weight excluding hydrogens is 474 g/mol. The number of ether oxygens (including phenoxy) is 1. The summed E-state index contributed by atoms with van der Waals surface area (Å²) in [5, 5.41) is 3.05. The summed E-state index contributed by atoms with van der Waals surface area (Å²) < 4.78 is 33.3. The topological polar surface area (TPSA) is 79.0 Å². The Morgan fingerprint density at radius 3 is 2.38 bits per heavy atom. The number of hydrogen-bond donors (Lipinski definition) is 1. The van der Waals surface area contributed by atoms with Crippen molar-refractivity contribution in [3.63, 3.8) is 0 Å². The lowest BCUT2D eigenvalue weighted by Gasteiger charge is -2.26. The molecule has 34 heavy (non-hydrogen) atoms. The first-order valence-corrected chi connectivity index (χ1v) is 13.7. The Balaban J connectivity index is 1.42. The molecule has 2 fully saturated rings. The van der Waals surface area contributed by atoms with Crippen LogP contribution in [0.25, 0.3) is 0 Å². The van der Waals surface area contributed by atoms with Crippen LogP contribution in [-0.4, -0.2) is 62.9 Å². The molecule has 2 heterocycles. The van der Waals surface area contributed by atoms with Gasteiger partial charge in [-0.05, 0) is 42.2 Å². The molecule has 0 unspecified atom stereocenters. The average Bonchev–Trinajstić information content (AvgIpc) is 3.14. The van der Waals surface area contributed by atoms with Gasteiger partial charge in [0.1, 0.15) is 4.90 Å². The molecule has 1 N–H and O–H groups in total. The van der Waals surface area contributed by atoms with Crippen LogP contribution in [0.2, 0.25) is 5.02 Å². The van der Waals surface area contributed by atoms with Crippen LogP contribution in [-0.2, 0) is 27.8 Å². The number of amides is 1. The van der Waals surface area contributed by atoms with Crippen LogP contribution in [0.15, 0.2) is 47.4 Å². The third kappa shape index (κ3) is 6.37. The lowest BCUT2D eigenvalue weighted by Crippen LogP contribution is -2.35. The van der Waals surface area contributed by atoms with Gasteiger partial charge in [-0.2, -0.15) is 4.31 Å². The van der Waals surface area contributed by atoms with E-state index < -0.39 is 10.0 Å². The van der Waals surface area contributed by atoms with Crippen molar-refractivity contribution in [2.24, 2.45) is 0 Å². The van der Waals surface area contributed by atoms with Gasteiger partial charge in [0.05, 0.1) is 18.2 Å². The second-order valence-corrected chi connectivity index (χ2v) is 11.2. The molecule has 2 saturated heterocycles. The number of carbonyl (C=O) groups excluding carboxylic acids is 1. The normalized spacial score (nSPS) is 18.4. The van der Waals surface area contributed by atoms with Gasteiger partial charge in [0.2, 0.25) is 10.0 Å². The van der Waals surface area contributed by atoms with Crippen LogP contribution in [0.4, 0.5) is 0 Å². The molecule has 0 saturated carbocycles. The van der Waals surface area contributed by atoms with Crippen molar-refractivity contribution in [3.8, 4) is 0 Å². The molecule has 0 radical (unpaired) electrons. The quantitative estimate of drug-likeness (QED) is 0.621. The molecule has 1 amide bonds. The van der Waals surface area contributed by atoms with E-state index in [2.05, 4.69) is 22.3 Å². The van der Waals surface area contributed by atoms with Crippen molar-refractivity contribution < 1.29 is 17.9 Å². The van der Waals surface area contributed by atoms with Gasteiger partial charge >= 0.3 is 0 Å². The van der Waals surface area contributed by atoms with Gasteiger partial charge in [-0.1, -0.05) is 48.7 Å².